The molecule has 3 aromatic rings. The summed E-state index contributed by atoms with van der Waals surface area (Å²) in [5.74, 6) is -0.517. The number of pyridine rings is 1. The van der Waals surface area contributed by atoms with Crippen molar-refractivity contribution in [2.45, 2.75) is 26.2 Å². The van der Waals surface area contributed by atoms with Crippen molar-refractivity contribution in [2.75, 3.05) is 11.4 Å². The van der Waals surface area contributed by atoms with E-state index in [2.05, 4.69) is 20.4 Å². The summed E-state index contributed by atoms with van der Waals surface area (Å²) in [5.41, 5.74) is 1.52. The van der Waals surface area contributed by atoms with E-state index in [0.29, 0.717) is 16.9 Å². The molecule has 0 aliphatic carbocycles. The number of halogens is 1. The second-order valence-electron chi connectivity index (χ2n) is 6.67. The van der Waals surface area contributed by atoms with E-state index < -0.39 is 18.1 Å². The molecule has 4 rings (SSSR count). The smallest absolute Gasteiger partial charge is 0.416 e. The fourth-order valence-electron chi connectivity index (χ4n) is 3.05. The molecule has 10 nitrogen and oxygen atoms in total. The number of rotatable bonds is 6. The van der Waals surface area contributed by atoms with Crippen molar-refractivity contribution in [3.8, 4) is 22.6 Å². The highest BCUT2D eigenvalue weighted by Crippen LogP contribution is 2.29. The number of nitrogens with one attached hydrogen (secondary N) is 1. The topological polar surface area (TPSA) is 131 Å². The van der Waals surface area contributed by atoms with Gasteiger partial charge in [0.15, 0.2) is 6.23 Å². The number of benzene rings is 1. The van der Waals surface area contributed by atoms with Crippen LogP contribution in [-0.2, 0) is 16.1 Å². The number of nitrogens with zero attached hydrogens (tertiary/aromatic N) is 4. The van der Waals surface area contributed by atoms with Crippen LogP contribution in [0, 0.1) is 5.82 Å². The van der Waals surface area contributed by atoms with Crippen LogP contribution in [0.4, 0.5) is 14.9 Å². The van der Waals surface area contributed by atoms with E-state index in [1.165, 1.54) is 23.2 Å². The Kier molecular flexibility index (Phi) is 5.58. The van der Waals surface area contributed by atoms with Gasteiger partial charge in [-0.25, -0.2) is 9.18 Å². The van der Waals surface area contributed by atoms with E-state index in [4.69, 9.17) is 14.4 Å². The molecule has 3 heterocycles. The quantitative estimate of drug-likeness (QED) is 0.612. The van der Waals surface area contributed by atoms with Crippen molar-refractivity contribution in [3.63, 3.8) is 0 Å². The average Bonchev–Trinajstić information content (AvgIpc) is 3.40. The monoisotopic (exact) mass is 427 g/mol. The molecule has 1 saturated heterocycles. The first-order valence-electron chi connectivity index (χ1n) is 9.45. The summed E-state index contributed by atoms with van der Waals surface area (Å²) in [6.07, 6.45) is 0.278. The van der Waals surface area contributed by atoms with Gasteiger partial charge in [0.25, 0.3) is 5.89 Å². The van der Waals surface area contributed by atoms with Gasteiger partial charge in [-0.3, -0.25) is 14.7 Å². The van der Waals surface area contributed by atoms with Crippen LogP contribution in [0.15, 0.2) is 41.1 Å². The van der Waals surface area contributed by atoms with Crippen LogP contribution in [0.2, 0.25) is 0 Å². The number of carbonyl (C=O) groups excluding carboxylic acids is 2. The zero-order chi connectivity index (χ0) is 22.0. The van der Waals surface area contributed by atoms with Crippen molar-refractivity contribution >= 4 is 17.7 Å². The van der Waals surface area contributed by atoms with Crippen LogP contribution >= 0.6 is 0 Å². The second-order valence-corrected chi connectivity index (χ2v) is 6.67. The molecular weight excluding hydrogens is 409 g/mol. The van der Waals surface area contributed by atoms with Gasteiger partial charge >= 0.3 is 6.09 Å². The summed E-state index contributed by atoms with van der Waals surface area (Å²) in [7, 11) is 0. The molecule has 31 heavy (non-hydrogen) atoms. The third kappa shape index (κ3) is 4.21. The minimum Gasteiger partial charge on any atom is -0.423 e. The summed E-state index contributed by atoms with van der Waals surface area (Å²) in [4.78, 5) is 33.0. The van der Waals surface area contributed by atoms with Crippen molar-refractivity contribution in [1.82, 2.24) is 20.4 Å². The molecule has 160 valence electrons. The Labute approximate surface area is 175 Å². The second kappa shape index (κ2) is 8.48. The van der Waals surface area contributed by atoms with Gasteiger partial charge in [0.05, 0.1) is 12.2 Å². The third-order valence-electron chi connectivity index (χ3n) is 4.63. The van der Waals surface area contributed by atoms with Gasteiger partial charge in [-0.05, 0) is 24.3 Å². The molecule has 0 spiro atoms. The Morgan fingerprint density at radius 1 is 1.35 bits per heavy atom. The number of aromatic nitrogens is 3. The van der Waals surface area contributed by atoms with Crippen molar-refractivity contribution < 1.29 is 28.3 Å². The molecule has 0 radical (unpaired) electrons. The van der Waals surface area contributed by atoms with Crippen molar-refractivity contribution in [1.29, 1.82) is 0 Å². The predicted molar refractivity (Wildman–Crippen MR) is 105 cm³/mol. The summed E-state index contributed by atoms with van der Waals surface area (Å²) >= 11 is 0. The first kappa shape index (κ1) is 20.4. The summed E-state index contributed by atoms with van der Waals surface area (Å²) in [5, 5.41) is 15.3. The lowest BCUT2D eigenvalue weighted by atomic mass is 10.1. The summed E-state index contributed by atoms with van der Waals surface area (Å²) in [6, 6.07) is 7.60. The number of ether oxygens (including phenoxy) is 1. The Balaban J connectivity index is 1.51. The molecular formula is C20H18FN5O5. The highest BCUT2D eigenvalue weighted by molar-refractivity contribution is 5.90. The number of aliphatic hydroxyl groups is 1. The van der Waals surface area contributed by atoms with E-state index >= 15 is 0 Å². The Morgan fingerprint density at radius 3 is 2.84 bits per heavy atom. The maximum Gasteiger partial charge on any atom is 0.416 e. The van der Waals surface area contributed by atoms with Gasteiger partial charge in [-0.15, -0.1) is 0 Å². The van der Waals surface area contributed by atoms with E-state index in [-0.39, 0.29) is 42.8 Å². The highest BCUT2D eigenvalue weighted by atomic mass is 19.1. The molecule has 2 aromatic heterocycles. The Hall–Kier alpha value is -3.86. The first-order valence-corrected chi connectivity index (χ1v) is 9.45. The molecule has 1 fully saturated rings. The molecule has 1 aromatic carbocycles. The zero-order valence-corrected chi connectivity index (χ0v) is 16.4. The van der Waals surface area contributed by atoms with Crippen molar-refractivity contribution in [2.24, 2.45) is 0 Å². The van der Waals surface area contributed by atoms with Crippen LogP contribution in [0.3, 0.4) is 0 Å². The van der Waals surface area contributed by atoms with Crippen LogP contribution in [0.5, 0.6) is 0 Å². The van der Waals surface area contributed by atoms with Gasteiger partial charge in [-0.2, -0.15) is 4.98 Å². The predicted octanol–water partition coefficient (Wildman–Crippen LogP) is 2.24. The fourth-order valence-corrected chi connectivity index (χ4v) is 3.05. The van der Waals surface area contributed by atoms with Gasteiger partial charge < -0.3 is 19.7 Å². The van der Waals surface area contributed by atoms with Gasteiger partial charge in [0.1, 0.15) is 18.1 Å². The van der Waals surface area contributed by atoms with Crippen LogP contribution in [0.25, 0.3) is 22.6 Å². The maximum absolute atomic E-state index is 14.8. The average molecular weight is 427 g/mol. The number of hydrogen-bond donors (Lipinski definition) is 2. The van der Waals surface area contributed by atoms with E-state index in [9.17, 15) is 14.0 Å². The molecule has 1 aliphatic rings. The third-order valence-corrected chi connectivity index (χ3v) is 4.63. The lowest BCUT2D eigenvalue weighted by molar-refractivity contribution is -0.123. The lowest BCUT2D eigenvalue weighted by Crippen LogP contribution is -2.37. The molecule has 0 bridgehead atoms. The molecule has 1 atom stereocenters. The van der Waals surface area contributed by atoms with Crippen LogP contribution < -0.4 is 10.2 Å². The van der Waals surface area contributed by atoms with Crippen LogP contribution in [0.1, 0.15) is 19.2 Å². The number of hydrogen-bond acceptors (Lipinski definition) is 8. The summed E-state index contributed by atoms with van der Waals surface area (Å²) < 4.78 is 24.7. The number of anilines is 1. The Bertz CT molecular complexity index is 1120. The Morgan fingerprint density at radius 2 is 2.19 bits per heavy atom. The lowest BCUT2D eigenvalue weighted by Gasteiger charge is -2.14. The molecule has 11 heteroatoms. The van der Waals surface area contributed by atoms with Gasteiger partial charge in [-0.1, -0.05) is 18.1 Å². The highest BCUT2D eigenvalue weighted by Gasteiger charge is 2.33. The standard InChI is InChI=1S/C20H18FN5O5/c1-2-16(28)23-17-9-26(20(29)30-17)12-4-5-13(14(21)7-12)11-3-6-15(22-8-11)19-24-18(10-27)31-25-19/h3-8,17,27H,2,9-10H2,1H3,(H,23,28). The molecule has 2 N–H and O–H groups in total. The minimum atomic E-state index is -0.782. The number of cyclic esters (lactones) is 1. The van der Waals surface area contributed by atoms with E-state index in [1.807, 2.05) is 0 Å². The van der Waals surface area contributed by atoms with Gasteiger partial charge in [0, 0.05) is 23.7 Å². The molecule has 0 saturated carbocycles. The van der Waals surface area contributed by atoms with E-state index in [1.54, 1.807) is 25.1 Å². The first-order chi connectivity index (χ1) is 15.0. The van der Waals surface area contributed by atoms with E-state index in [0.717, 1.165) is 0 Å². The maximum atomic E-state index is 14.8. The van der Waals surface area contributed by atoms with Gasteiger partial charge in [0.2, 0.25) is 11.7 Å². The normalized spacial score (nSPS) is 15.8. The SMILES string of the molecule is CCC(=O)NC1CN(c2ccc(-c3ccc(-c4noc(CO)n4)nc3)c(F)c2)C(=O)O1. The number of carbonyl (C=O) groups is 2. The molecule has 1 unspecified atom stereocenters. The number of aliphatic hydroxyl groups excluding tert-OH is 1. The molecule has 2 amide bonds. The summed E-state index contributed by atoms with van der Waals surface area (Å²) in [6.45, 7) is 1.40. The van der Waals surface area contributed by atoms with Crippen molar-refractivity contribution in [3.05, 3.63) is 48.2 Å². The molecule has 1 aliphatic heterocycles. The minimum absolute atomic E-state index is 0.0689. The largest absolute Gasteiger partial charge is 0.423 e. The van der Waals surface area contributed by atoms with Crippen LogP contribution in [-0.4, -0.2) is 45.0 Å². The fraction of sp³-hybridized carbons (Fsp3) is 0.250. The zero-order valence-electron chi connectivity index (χ0n) is 16.4. The number of amides is 2.